The summed E-state index contributed by atoms with van der Waals surface area (Å²) in [5.74, 6) is 0.772. The van der Waals surface area contributed by atoms with E-state index in [1.165, 1.54) is 6.42 Å². The predicted octanol–water partition coefficient (Wildman–Crippen LogP) is 2.11. The number of hydrogen-bond donors (Lipinski definition) is 0. The van der Waals surface area contributed by atoms with Gasteiger partial charge < -0.3 is 0 Å². The molecule has 0 amide bonds. The summed E-state index contributed by atoms with van der Waals surface area (Å²) < 4.78 is 0. The monoisotopic (exact) mass is 158 g/mol. The van der Waals surface area contributed by atoms with E-state index >= 15 is 0 Å². The van der Waals surface area contributed by atoms with E-state index in [-0.39, 0.29) is 0 Å². The smallest absolute Gasteiger partial charge is 0.132 e. The first-order chi connectivity index (χ1) is 4.74. The third-order valence-electron chi connectivity index (χ3n) is 2.29. The standard InChI is InChI=1S/C8H14OS/c1-6(9)7-3-4-8(5-7)10-2/h7-8H,3-5H2,1-2H3/t7-,8+/m0/s1. The van der Waals surface area contributed by atoms with Crippen LogP contribution in [-0.4, -0.2) is 17.3 Å². The Morgan fingerprint density at radius 1 is 1.50 bits per heavy atom. The van der Waals surface area contributed by atoms with Gasteiger partial charge in [0.05, 0.1) is 0 Å². The molecule has 1 aliphatic carbocycles. The molecule has 1 rings (SSSR count). The SMILES string of the molecule is CS[C@@H]1CC[C@H](C(C)=O)C1. The summed E-state index contributed by atoms with van der Waals surface area (Å²) >= 11 is 1.90. The lowest BCUT2D eigenvalue weighted by Crippen LogP contribution is -2.06. The summed E-state index contributed by atoms with van der Waals surface area (Å²) in [6.07, 6.45) is 5.62. The molecule has 0 aromatic rings. The molecule has 0 saturated heterocycles. The first kappa shape index (κ1) is 8.12. The Bertz CT molecular complexity index is 133. The zero-order valence-corrected chi connectivity index (χ0v) is 7.41. The summed E-state index contributed by atoms with van der Waals surface area (Å²) in [5, 5.41) is 0.758. The Balaban J connectivity index is 2.35. The first-order valence-corrected chi connectivity index (χ1v) is 5.06. The molecule has 1 fully saturated rings. The van der Waals surface area contributed by atoms with Crippen molar-refractivity contribution in [1.29, 1.82) is 0 Å². The highest BCUT2D eigenvalue weighted by molar-refractivity contribution is 7.99. The lowest BCUT2D eigenvalue weighted by Gasteiger charge is -2.04. The fraction of sp³-hybridized carbons (Fsp3) is 0.875. The van der Waals surface area contributed by atoms with Crippen LogP contribution in [0.2, 0.25) is 0 Å². The van der Waals surface area contributed by atoms with E-state index in [9.17, 15) is 4.79 Å². The Morgan fingerprint density at radius 3 is 2.50 bits per heavy atom. The lowest BCUT2D eigenvalue weighted by molar-refractivity contribution is -0.120. The normalized spacial score (nSPS) is 32.6. The average Bonchev–Trinajstić information content (AvgIpc) is 2.34. The van der Waals surface area contributed by atoms with Crippen LogP contribution in [0.25, 0.3) is 0 Å². The van der Waals surface area contributed by atoms with Gasteiger partial charge in [0.2, 0.25) is 0 Å². The Labute approximate surface area is 66.6 Å². The number of thioether (sulfide) groups is 1. The number of hydrogen-bond acceptors (Lipinski definition) is 2. The van der Waals surface area contributed by atoms with Gasteiger partial charge in [-0.1, -0.05) is 0 Å². The van der Waals surface area contributed by atoms with Gasteiger partial charge in [-0.3, -0.25) is 4.79 Å². The number of carbonyl (C=O) groups excluding carboxylic acids is 1. The third-order valence-corrected chi connectivity index (χ3v) is 3.39. The molecular formula is C8H14OS. The van der Waals surface area contributed by atoms with Crippen LogP contribution in [0.3, 0.4) is 0 Å². The van der Waals surface area contributed by atoms with Gasteiger partial charge in [0, 0.05) is 11.2 Å². The molecule has 10 heavy (non-hydrogen) atoms. The molecule has 1 aliphatic rings. The minimum atomic E-state index is 0.386. The molecular weight excluding hydrogens is 144 g/mol. The Hall–Kier alpha value is 0.0200. The lowest BCUT2D eigenvalue weighted by atomic mass is 10.0. The zero-order chi connectivity index (χ0) is 7.56. The highest BCUT2D eigenvalue weighted by atomic mass is 32.2. The van der Waals surface area contributed by atoms with Crippen LogP contribution in [-0.2, 0) is 4.79 Å². The predicted molar refractivity (Wildman–Crippen MR) is 45.3 cm³/mol. The molecule has 2 heteroatoms. The van der Waals surface area contributed by atoms with E-state index in [4.69, 9.17) is 0 Å². The second-order valence-corrected chi connectivity index (χ2v) is 4.12. The molecule has 0 aromatic heterocycles. The Morgan fingerprint density at radius 2 is 2.20 bits per heavy atom. The number of Topliss-reactive ketones (excluding diaryl/α,β-unsaturated/α-hetero) is 1. The summed E-state index contributed by atoms with van der Waals surface area (Å²) in [6, 6.07) is 0. The van der Waals surface area contributed by atoms with Crippen LogP contribution in [0, 0.1) is 5.92 Å². The van der Waals surface area contributed by atoms with Crippen molar-refractivity contribution in [2.24, 2.45) is 5.92 Å². The quantitative estimate of drug-likeness (QED) is 0.612. The van der Waals surface area contributed by atoms with Crippen LogP contribution in [0.5, 0.6) is 0 Å². The second-order valence-electron chi connectivity index (χ2n) is 2.98. The molecule has 2 atom stereocenters. The van der Waals surface area contributed by atoms with Crippen molar-refractivity contribution in [1.82, 2.24) is 0 Å². The molecule has 0 N–H and O–H groups in total. The maximum absolute atomic E-state index is 10.9. The van der Waals surface area contributed by atoms with Crippen molar-refractivity contribution in [3.8, 4) is 0 Å². The summed E-state index contributed by atoms with van der Waals surface area (Å²) in [5.41, 5.74) is 0. The highest BCUT2D eigenvalue weighted by Crippen LogP contribution is 2.32. The minimum absolute atomic E-state index is 0.386. The highest BCUT2D eigenvalue weighted by Gasteiger charge is 2.26. The maximum atomic E-state index is 10.9. The van der Waals surface area contributed by atoms with Crippen molar-refractivity contribution in [3.63, 3.8) is 0 Å². The summed E-state index contributed by atoms with van der Waals surface area (Å²) in [4.78, 5) is 10.9. The van der Waals surface area contributed by atoms with Crippen molar-refractivity contribution in [2.75, 3.05) is 6.26 Å². The van der Waals surface area contributed by atoms with Gasteiger partial charge >= 0.3 is 0 Å². The van der Waals surface area contributed by atoms with Gasteiger partial charge in [0.1, 0.15) is 5.78 Å². The van der Waals surface area contributed by atoms with Gasteiger partial charge in [-0.15, -0.1) is 0 Å². The molecule has 58 valence electrons. The van der Waals surface area contributed by atoms with Crippen LogP contribution in [0.4, 0.5) is 0 Å². The van der Waals surface area contributed by atoms with Gasteiger partial charge in [-0.25, -0.2) is 0 Å². The molecule has 0 aromatic carbocycles. The molecule has 0 radical (unpaired) electrons. The Kier molecular flexibility index (Phi) is 2.78. The average molecular weight is 158 g/mol. The van der Waals surface area contributed by atoms with Crippen LogP contribution >= 0.6 is 11.8 Å². The minimum Gasteiger partial charge on any atom is -0.300 e. The number of ketones is 1. The maximum Gasteiger partial charge on any atom is 0.132 e. The van der Waals surface area contributed by atoms with Gasteiger partial charge in [-0.2, -0.15) is 11.8 Å². The fourth-order valence-corrected chi connectivity index (χ4v) is 2.32. The molecule has 0 heterocycles. The fourth-order valence-electron chi connectivity index (χ4n) is 1.52. The van der Waals surface area contributed by atoms with E-state index in [1.807, 2.05) is 11.8 Å². The first-order valence-electron chi connectivity index (χ1n) is 3.77. The van der Waals surface area contributed by atoms with Crippen LogP contribution < -0.4 is 0 Å². The number of carbonyl (C=O) groups is 1. The van der Waals surface area contributed by atoms with Crippen LogP contribution in [0.15, 0.2) is 0 Å². The summed E-state index contributed by atoms with van der Waals surface area (Å²) in [7, 11) is 0. The molecule has 0 unspecified atom stereocenters. The topological polar surface area (TPSA) is 17.1 Å². The molecule has 0 spiro atoms. The van der Waals surface area contributed by atoms with E-state index in [1.54, 1.807) is 6.92 Å². The molecule has 1 nitrogen and oxygen atoms in total. The molecule has 1 saturated carbocycles. The largest absolute Gasteiger partial charge is 0.300 e. The van der Waals surface area contributed by atoms with Gasteiger partial charge in [-0.05, 0) is 32.4 Å². The molecule has 0 aliphatic heterocycles. The van der Waals surface area contributed by atoms with Crippen LogP contribution in [0.1, 0.15) is 26.2 Å². The van der Waals surface area contributed by atoms with Crippen molar-refractivity contribution >= 4 is 17.5 Å². The van der Waals surface area contributed by atoms with Crippen molar-refractivity contribution < 1.29 is 4.79 Å². The van der Waals surface area contributed by atoms with E-state index in [0.29, 0.717) is 11.7 Å². The third kappa shape index (κ3) is 1.75. The van der Waals surface area contributed by atoms with Crippen molar-refractivity contribution in [3.05, 3.63) is 0 Å². The van der Waals surface area contributed by atoms with Gasteiger partial charge in [0.25, 0.3) is 0 Å². The van der Waals surface area contributed by atoms with E-state index in [2.05, 4.69) is 6.26 Å². The zero-order valence-electron chi connectivity index (χ0n) is 6.59. The number of rotatable bonds is 2. The van der Waals surface area contributed by atoms with E-state index in [0.717, 1.165) is 18.1 Å². The molecule has 0 bridgehead atoms. The van der Waals surface area contributed by atoms with Crippen molar-refractivity contribution in [2.45, 2.75) is 31.4 Å². The summed E-state index contributed by atoms with van der Waals surface area (Å²) in [6.45, 7) is 1.72. The second kappa shape index (κ2) is 3.42. The van der Waals surface area contributed by atoms with E-state index < -0.39 is 0 Å². The van der Waals surface area contributed by atoms with Gasteiger partial charge in [0.15, 0.2) is 0 Å².